The zero-order chi connectivity index (χ0) is 35.1. The highest BCUT2D eigenvalue weighted by atomic mass is 15.5. The van der Waals surface area contributed by atoms with Crippen LogP contribution in [0.25, 0.3) is 11.4 Å². The highest BCUT2D eigenvalue weighted by Crippen LogP contribution is 2.59. The molecule has 4 aromatic carbocycles. The molecule has 51 heavy (non-hydrogen) atoms. The molecule has 0 radical (unpaired) electrons. The fraction of sp³-hybridized carbons (Fsp3) is 0.244. The molecular weight excluding hydrogens is 625 g/mol. The van der Waals surface area contributed by atoms with Crippen molar-refractivity contribution in [1.82, 2.24) is 9.97 Å². The molecule has 0 fully saturated rings. The zero-order valence-corrected chi connectivity index (χ0v) is 30.3. The van der Waals surface area contributed by atoms with Gasteiger partial charge < -0.3 is 19.6 Å². The van der Waals surface area contributed by atoms with Crippen LogP contribution < -0.4 is 19.6 Å². The lowest BCUT2D eigenvalue weighted by Gasteiger charge is -2.49. The summed E-state index contributed by atoms with van der Waals surface area (Å²) < 4.78 is 0. The van der Waals surface area contributed by atoms with Crippen LogP contribution in [0.4, 0.5) is 34.1 Å². The van der Waals surface area contributed by atoms with Crippen molar-refractivity contribution in [3.05, 3.63) is 156 Å². The molecule has 2 aromatic heterocycles. The molecule has 6 heteroatoms. The average Bonchev–Trinajstić information content (AvgIpc) is 3.81. The maximum Gasteiger partial charge on any atom is 0.173 e. The summed E-state index contributed by atoms with van der Waals surface area (Å²) in [7, 11) is 0. The number of hydrogen-bond donors (Lipinski definition) is 0. The van der Waals surface area contributed by atoms with Crippen molar-refractivity contribution < 1.29 is 0 Å². The molecule has 0 saturated carbocycles. The lowest BCUT2D eigenvalue weighted by atomic mass is 9.87. The lowest BCUT2D eigenvalue weighted by Crippen LogP contribution is -2.59. The topological polar surface area (TPSA) is 38.7 Å². The van der Waals surface area contributed by atoms with Crippen LogP contribution in [0.2, 0.25) is 0 Å². The fourth-order valence-corrected chi connectivity index (χ4v) is 8.33. The van der Waals surface area contributed by atoms with Crippen molar-refractivity contribution in [2.75, 3.05) is 32.9 Å². The number of pyridine rings is 2. The standard InChI is InChI=1S/C45H44N6/c1-43(2,3)31-15-11-17-33(27-31)48-29-50(39-23-9-7-21-37(39)48)45(35-19-13-25-46-41(35)42-36(45)20-14-26-47-42)51-30-49(38-22-8-10-24-40(38)51)34-18-12-16-32(28-34)44(4,5)6/h7-28H,29-30H2,1-6H3. The number of para-hydroxylation sites is 4. The van der Waals surface area contributed by atoms with Gasteiger partial charge in [-0.25, -0.2) is 0 Å². The molecule has 0 N–H and O–H groups in total. The fourth-order valence-electron chi connectivity index (χ4n) is 8.33. The monoisotopic (exact) mass is 668 g/mol. The van der Waals surface area contributed by atoms with Crippen molar-refractivity contribution in [3.8, 4) is 11.4 Å². The highest BCUT2D eigenvalue weighted by molar-refractivity contribution is 5.92. The van der Waals surface area contributed by atoms with E-state index in [0.29, 0.717) is 13.3 Å². The van der Waals surface area contributed by atoms with Gasteiger partial charge in [0.25, 0.3) is 0 Å². The van der Waals surface area contributed by atoms with Gasteiger partial charge >= 0.3 is 0 Å². The van der Waals surface area contributed by atoms with Gasteiger partial charge in [0.05, 0.1) is 47.5 Å². The van der Waals surface area contributed by atoms with Crippen LogP contribution in [-0.2, 0) is 16.5 Å². The first-order valence-corrected chi connectivity index (χ1v) is 18.0. The van der Waals surface area contributed by atoms with Gasteiger partial charge in [-0.05, 0) is 82.6 Å². The Balaban J connectivity index is 1.28. The number of anilines is 6. The van der Waals surface area contributed by atoms with Crippen LogP contribution in [0.5, 0.6) is 0 Å². The molecule has 1 aliphatic carbocycles. The van der Waals surface area contributed by atoms with Crippen LogP contribution in [-0.4, -0.2) is 23.3 Å². The van der Waals surface area contributed by atoms with Gasteiger partial charge in [0.15, 0.2) is 5.66 Å². The molecular formula is C45H44N6. The SMILES string of the molecule is CC(C)(C)c1cccc(N2CN(C3(N4CN(c5cccc(C(C)(C)C)c5)c5ccccc54)c4cccnc4-c4ncccc43)c3ccccc32)c1. The maximum atomic E-state index is 5.04. The van der Waals surface area contributed by atoms with Gasteiger partial charge in [0, 0.05) is 34.9 Å². The number of nitrogens with zero attached hydrogens (tertiary/aromatic N) is 6. The minimum atomic E-state index is -0.758. The van der Waals surface area contributed by atoms with E-state index in [4.69, 9.17) is 9.97 Å². The minimum absolute atomic E-state index is 0.0316. The van der Waals surface area contributed by atoms with E-state index in [2.05, 4.69) is 182 Å². The molecule has 6 nitrogen and oxygen atoms in total. The molecule has 254 valence electrons. The van der Waals surface area contributed by atoms with Gasteiger partial charge in [-0.2, -0.15) is 0 Å². The second kappa shape index (κ2) is 11.2. The Morgan fingerprint density at radius 3 is 1.29 bits per heavy atom. The van der Waals surface area contributed by atoms with E-state index in [-0.39, 0.29) is 10.8 Å². The molecule has 0 atom stereocenters. The Kier molecular flexibility index (Phi) is 6.88. The van der Waals surface area contributed by atoms with E-state index < -0.39 is 5.66 Å². The first-order chi connectivity index (χ1) is 24.6. The van der Waals surface area contributed by atoms with Crippen molar-refractivity contribution >= 4 is 34.1 Å². The van der Waals surface area contributed by atoms with Crippen molar-refractivity contribution in [2.45, 2.75) is 58.0 Å². The molecule has 9 rings (SSSR count). The first-order valence-electron chi connectivity index (χ1n) is 18.0. The summed E-state index contributed by atoms with van der Waals surface area (Å²) in [6.45, 7) is 15.0. The summed E-state index contributed by atoms with van der Waals surface area (Å²) in [5, 5.41) is 0. The summed E-state index contributed by atoms with van der Waals surface area (Å²) >= 11 is 0. The van der Waals surface area contributed by atoms with Crippen LogP contribution >= 0.6 is 0 Å². The van der Waals surface area contributed by atoms with Gasteiger partial charge in [-0.1, -0.05) is 102 Å². The van der Waals surface area contributed by atoms with E-state index in [9.17, 15) is 0 Å². The van der Waals surface area contributed by atoms with Crippen molar-refractivity contribution in [2.24, 2.45) is 0 Å². The second-order valence-corrected chi connectivity index (χ2v) is 16.0. The molecule has 2 aliphatic heterocycles. The maximum absolute atomic E-state index is 5.04. The van der Waals surface area contributed by atoms with E-state index in [1.807, 2.05) is 12.4 Å². The third-order valence-corrected chi connectivity index (χ3v) is 10.9. The van der Waals surface area contributed by atoms with E-state index in [1.165, 1.54) is 45.3 Å². The predicted molar refractivity (Wildman–Crippen MR) is 210 cm³/mol. The Bertz CT molecular complexity index is 2130. The van der Waals surface area contributed by atoms with Gasteiger partial charge in [0.1, 0.15) is 0 Å². The third-order valence-electron chi connectivity index (χ3n) is 10.9. The lowest BCUT2D eigenvalue weighted by molar-refractivity contribution is 0.471. The normalized spacial score (nSPS) is 15.9. The quantitative estimate of drug-likeness (QED) is 0.186. The number of hydrogen-bond acceptors (Lipinski definition) is 6. The second-order valence-electron chi connectivity index (χ2n) is 16.0. The zero-order valence-electron chi connectivity index (χ0n) is 30.3. The minimum Gasteiger partial charge on any atom is -0.321 e. The van der Waals surface area contributed by atoms with Crippen LogP contribution in [0.15, 0.2) is 134 Å². The first kappa shape index (κ1) is 31.4. The predicted octanol–water partition coefficient (Wildman–Crippen LogP) is 10.5. The van der Waals surface area contributed by atoms with Gasteiger partial charge in [-0.3, -0.25) is 9.97 Å². The smallest absolute Gasteiger partial charge is 0.173 e. The van der Waals surface area contributed by atoms with E-state index in [0.717, 1.165) is 22.5 Å². The molecule has 0 bridgehead atoms. The number of rotatable bonds is 4. The van der Waals surface area contributed by atoms with Crippen LogP contribution in [0, 0.1) is 0 Å². The summed E-state index contributed by atoms with van der Waals surface area (Å²) in [5.41, 5.74) is 13.2. The summed E-state index contributed by atoms with van der Waals surface area (Å²) in [6, 6.07) is 44.5. The van der Waals surface area contributed by atoms with Gasteiger partial charge in [0.2, 0.25) is 0 Å². The van der Waals surface area contributed by atoms with E-state index >= 15 is 0 Å². The van der Waals surface area contributed by atoms with Crippen LogP contribution in [0.3, 0.4) is 0 Å². The number of aromatic nitrogens is 2. The highest BCUT2D eigenvalue weighted by Gasteiger charge is 2.58. The molecule has 6 aromatic rings. The summed E-state index contributed by atoms with van der Waals surface area (Å²) in [6.07, 6.45) is 3.80. The largest absolute Gasteiger partial charge is 0.321 e. The molecule has 0 unspecified atom stereocenters. The van der Waals surface area contributed by atoms with Crippen molar-refractivity contribution in [1.29, 1.82) is 0 Å². The van der Waals surface area contributed by atoms with E-state index in [1.54, 1.807) is 0 Å². The average molecular weight is 669 g/mol. The Morgan fingerprint density at radius 1 is 0.471 bits per heavy atom. The molecule has 0 saturated heterocycles. The third kappa shape index (κ3) is 4.69. The Hall–Kier alpha value is -5.62. The van der Waals surface area contributed by atoms with Crippen molar-refractivity contribution in [3.63, 3.8) is 0 Å². The molecule has 0 spiro atoms. The molecule has 4 heterocycles. The number of fused-ring (bicyclic) bond motifs is 5. The number of benzene rings is 4. The molecule has 3 aliphatic rings. The molecule has 0 amide bonds. The van der Waals surface area contributed by atoms with Crippen LogP contribution in [0.1, 0.15) is 63.8 Å². The Labute approximate surface area is 301 Å². The van der Waals surface area contributed by atoms with Gasteiger partial charge in [-0.15, -0.1) is 0 Å². The summed E-state index contributed by atoms with van der Waals surface area (Å²) in [5.74, 6) is 0. The summed E-state index contributed by atoms with van der Waals surface area (Å²) in [4.78, 5) is 20.2. The Morgan fingerprint density at radius 2 is 0.882 bits per heavy atom.